The quantitative estimate of drug-likeness (QED) is 0.0506. The van der Waals surface area contributed by atoms with Crippen molar-refractivity contribution in [3.05, 3.63) is 366 Å². The number of benzene rings is 5. The minimum Gasteiger partial charge on any atom is -0.399 e. The summed E-state index contributed by atoms with van der Waals surface area (Å²) in [7, 11) is 0. The van der Waals surface area contributed by atoms with Crippen LogP contribution in [0.25, 0.3) is 170 Å². The second kappa shape index (κ2) is 34.1. The maximum atomic E-state index is 13.4. The third-order valence-electron chi connectivity index (χ3n) is 18.8. The summed E-state index contributed by atoms with van der Waals surface area (Å²) in [6, 6.07) is 67.9. The molecule has 15 heterocycles. The fraction of sp³-hybridized carbons (Fsp3) is 0.0111. The van der Waals surface area contributed by atoms with Gasteiger partial charge in [0.2, 0.25) is 5.95 Å². The maximum absolute atomic E-state index is 13.4. The number of anilines is 2. The van der Waals surface area contributed by atoms with Gasteiger partial charge in [0.1, 0.15) is 45.7 Å². The van der Waals surface area contributed by atoms with Crippen LogP contribution in [-0.4, -0.2) is 99.7 Å². The number of nitrogens with zero attached hydrogens (tertiary/aromatic N) is 10. The van der Waals surface area contributed by atoms with E-state index >= 15 is 0 Å². The number of nitrogen functional groups attached to an aromatic ring is 2. The molecule has 14 N–H and O–H groups in total. The summed E-state index contributed by atoms with van der Waals surface area (Å²) in [5.41, 5.74) is 30.9. The summed E-state index contributed by atoms with van der Waals surface area (Å²) < 4.78 is 26.4. The van der Waals surface area contributed by atoms with E-state index in [1.807, 2.05) is 176 Å². The molecule has 580 valence electrons. The lowest BCUT2D eigenvalue weighted by molar-refractivity contribution is 0.627. The van der Waals surface area contributed by atoms with Crippen molar-refractivity contribution in [2.24, 2.45) is 0 Å². The van der Waals surface area contributed by atoms with Crippen molar-refractivity contribution in [3.8, 4) is 90.1 Å². The SMILES string of the molecule is Cc1nc2[nH]c(-c3ccnc(C=Cc4ccccc4)c3)cc2c(=O)[nH]1.Nc1cccc(-c2cc(-c3cc4c(=O)[nH]cnc4[nH]3)ccn2)c1.Nc1nc2[nH]c(-c3ccnc(C=Cc4ccccc4)c3)cc2c(=O)[nH]1.O=c1[nH]cnc2[nH]c(-c3ccnc(-c4ccc(F)cc4)c3)cc12.O=c1[nH]cnc2[nH]c(-c3ccnc(-c4cccc(F)c4)c3)cc12. The highest BCUT2D eigenvalue weighted by Gasteiger charge is 2.16. The number of fused-ring (bicyclic) bond motifs is 5. The topological polar surface area (TPSA) is 424 Å². The zero-order chi connectivity index (χ0) is 81.9. The molecule has 0 fully saturated rings. The van der Waals surface area contributed by atoms with Gasteiger partial charge < -0.3 is 56.3 Å². The summed E-state index contributed by atoms with van der Waals surface area (Å²) in [5.74, 6) is 0.0843. The lowest BCUT2D eigenvalue weighted by Crippen LogP contribution is -2.09. The number of hydrogen-bond acceptors (Lipinski definition) is 17. The number of hydrogen-bond donors (Lipinski definition) is 12. The molecular formula is C90H66F2N22O5. The first-order valence-corrected chi connectivity index (χ1v) is 36.8. The minimum atomic E-state index is -0.309. The highest BCUT2D eigenvalue weighted by molar-refractivity contribution is 5.88. The number of aromatic nitrogens is 20. The number of aryl methyl sites for hydroxylation is 1. The monoisotopic (exact) mass is 1570 g/mol. The molecule has 0 saturated carbocycles. The second-order valence-corrected chi connectivity index (χ2v) is 26.9. The van der Waals surface area contributed by atoms with Crippen LogP contribution in [0.5, 0.6) is 0 Å². The number of halogens is 2. The molecule has 0 aliphatic heterocycles. The number of nitrogens with one attached hydrogen (secondary N) is 10. The van der Waals surface area contributed by atoms with Crippen molar-refractivity contribution >= 4 is 91.1 Å². The van der Waals surface area contributed by atoms with Crippen LogP contribution in [0.15, 0.2) is 298 Å². The fourth-order valence-electron chi connectivity index (χ4n) is 12.9. The number of H-pyrrole nitrogens is 10. The van der Waals surface area contributed by atoms with Gasteiger partial charge in [-0.15, -0.1) is 0 Å². The molecule has 0 amide bonds. The van der Waals surface area contributed by atoms with Crippen molar-refractivity contribution in [2.75, 3.05) is 11.5 Å². The van der Waals surface area contributed by atoms with Crippen molar-refractivity contribution in [1.82, 2.24) is 99.7 Å². The molecule has 5 aromatic carbocycles. The van der Waals surface area contributed by atoms with Gasteiger partial charge in [0.15, 0.2) is 0 Å². The van der Waals surface area contributed by atoms with Gasteiger partial charge in [-0.3, -0.25) is 53.9 Å². The average Bonchev–Trinajstić information content (AvgIpc) is 1.68. The van der Waals surface area contributed by atoms with Crippen molar-refractivity contribution < 1.29 is 8.78 Å². The Morgan fingerprint density at radius 2 is 0.672 bits per heavy atom. The number of aromatic amines is 10. The third-order valence-corrected chi connectivity index (χ3v) is 18.8. The molecule has 15 aromatic heterocycles. The van der Waals surface area contributed by atoms with Crippen molar-refractivity contribution in [3.63, 3.8) is 0 Å². The predicted octanol–water partition coefficient (Wildman–Crippen LogP) is 15.7. The molecule has 0 aliphatic carbocycles. The van der Waals surface area contributed by atoms with Gasteiger partial charge in [-0.25, -0.2) is 28.7 Å². The molecule has 20 rings (SSSR count). The Balaban J connectivity index is 0.000000111. The van der Waals surface area contributed by atoms with Crippen LogP contribution in [0, 0.1) is 18.6 Å². The molecule has 0 atom stereocenters. The van der Waals surface area contributed by atoms with Gasteiger partial charge in [-0.2, -0.15) is 4.98 Å². The number of nitrogens with two attached hydrogens (primary N) is 2. The Labute approximate surface area is 670 Å². The van der Waals surface area contributed by atoms with E-state index in [1.54, 1.807) is 86.4 Å². The molecule has 0 aliphatic rings. The first-order valence-electron chi connectivity index (χ1n) is 36.8. The smallest absolute Gasteiger partial charge is 0.261 e. The predicted molar refractivity (Wildman–Crippen MR) is 460 cm³/mol. The summed E-state index contributed by atoms with van der Waals surface area (Å²) in [5, 5.41) is 2.56. The number of pyridine rings is 5. The zero-order valence-electron chi connectivity index (χ0n) is 62.7. The van der Waals surface area contributed by atoms with E-state index in [2.05, 4.69) is 99.7 Å². The molecule has 119 heavy (non-hydrogen) atoms. The van der Waals surface area contributed by atoms with Crippen LogP contribution in [0.3, 0.4) is 0 Å². The van der Waals surface area contributed by atoms with Crippen LogP contribution in [0.1, 0.15) is 28.3 Å². The van der Waals surface area contributed by atoms with E-state index in [9.17, 15) is 32.8 Å². The lowest BCUT2D eigenvalue weighted by Gasteiger charge is -2.04. The van der Waals surface area contributed by atoms with Crippen LogP contribution >= 0.6 is 0 Å². The van der Waals surface area contributed by atoms with Gasteiger partial charge in [0.05, 0.1) is 74.4 Å². The van der Waals surface area contributed by atoms with Gasteiger partial charge in [-0.1, -0.05) is 97.1 Å². The molecule has 0 radical (unpaired) electrons. The zero-order valence-corrected chi connectivity index (χ0v) is 62.7. The minimum absolute atomic E-state index is 0.0899. The molecule has 0 unspecified atom stereocenters. The van der Waals surface area contributed by atoms with Crippen LogP contribution < -0.4 is 39.3 Å². The van der Waals surface area contributed by atoms with Gasteiger partial charge in [0.25, 0.3) is 27.8 Å². The van der Waals surface area contributed by atoms with E-state index in [0.29, 0.717) is 77.9 Å². The average molecular weight is 1570 g/mol. The molecule has 0 spiro atoms. The van der Waals surface area contributed by atoms with E-state index in [-0.39, 0.29) is 45.4 Å². The highest BCUT2D eigenvalue weighted by Crippen LogP contribution is 2.31. The Morgan fingerprint density at radius 1 is 0.294 bits per heavy atom. The maximum Gasteiger partial charge on any atom is 0.261 e. The van der Waals surface area contributed by atoms with E-state index in [4.69, 9.17) is 11.5 Å². The Hall–Kier alpha value is -17.1. The molecule has 20 aromatic rings. The first kappa shape index (κ1) is 75.9. The fourth-order valence-corrected chi connectivity index (χ4v) is 12.9. The summed E-state index contributed by atoms with van der Waals surface area (Å²) in [6.07, 6.45) is 20.6. The third kappa shape index (κ3) is 17.9. The molecule has 27 nitrogen and oxygen atoms in total. The van der Waals surface area contributed by atoms with E-state index < -0.39 is 0 Å². The first-order chi connectivity index (χ1) is 58.0. The van der Waals surface area contributed by atoms with Crippen molar-refractivity contribution in [2.45, 2.75) is 6.92 Å². The second-order valence-electron chi connectivity index (χ2n) is 26.9. The number of rotatable bonds is 12. The van der Waals surface area contributed by atoms with Gasteiger partial charge >= 0.3 is 0 Å². The van der Waals surface area contributed by atoms with Crippen LogP contribution in [0.2, 0.25) is 0 Å². The summed E-state index contributed by atoms with van der Waals surface area (Å²) >= 11 is 0. The Bertz CT molecular complexity index is 7130. The Morgan fingerprint density at radius 3 is 1.10 bits per heavy atom. The van der Waals surface area contributed by atoms with Crippen LogP contribution in [-0.2, 0) is 0 Å². The van der Waals surface area contributed by atoms with E-state index in [1.165, 1.54) is 43.2 Å². The molecule has 0 saturated heterocycles. The Kier molecular flexibility index (Phi) is 21.7. The molecule has 0 bridgehead atoms. The largest absolute Gasteiger partial charge is 0.399 e. The lowest BCUT2D eigenvalue weighted by atomic mass is 10.1. The van der Waals surface area contributed by atoms with E-state index in [0.717, 1.165) is 101 Å². The van der Waals surface area contributed by atoms with Crippen molar-refractivity contribution in [1.29, 1.82) is 0 Å². The van der Waals surface area contributed by atoms with Gasteiger partial charge in [0, 0.05) is 110 Å². The summed E-state index contributed by atoms with van der Waals surface area (Å²) in [4.78, 5) is 131. The summed E-state index contributed by atoms with van der Waals surface area (Å²) in [6.45, 7) is 1.76. The molecule has 29 heteroatoms. The van der Waals surface area contributed by atoms with Crippen LogP contribution in [0.4, 0.5) is 20.4 Å². The highest BCUT2D eigenvalue weighted by atomic mass is 19.1. The molecular weight excluding hydrogens is 1510 g/mol. The standard InChI is InChI=1S/C20H16N4O.C19H15N5O.2C17H11FN4O.C17H13N5O/c1-13-22-19-17(20(25)23-13)12-18(24-19)15-9-10-21-16(11-15)8-7-14-5-3-2-4-6-14;20-19-23-17-15(18(25)24-19)11-16(22-17)13-8-9-21-14(10-13)7-6-12-4-2-1-3-5-12;18-12-3-1-10(2-4-12)14-7-11(5-6-19-14)15-8-13-16(22-15)20-9-21-17(13)23;2*18-12-3-1-2-10(6-12)14-7-11(4-5-19-14)15-8-13-16(22-15)20-9-21-17(13)23/h2-12H,1H3,(H2,22,23,24,25);1-11H,(H4,20,22,23,24,25);2*1-9H,(H2,20,21,22,23);1-9H,18H2,(H2,20,21,22,23). The normalized spacial score (nSPS) is 11.2. The van der Waals surface area contributed by atoms with Gasteiger partial charge in [-0.05, 0) is 170 Å².